The van der Waals surface area contributed by atoms with E-state index in [-0.39, 0.29) is 12.4 Å². The number of hydrogen-bond acceptors (Lipinski definition) is 7. The number of carbonyl (C=O) groups is 2. The second-order valence-corrected chi connectivity index (χ2v) is 6.03. The number of furan rings is 1. The maximum atomic E-state index is 12.2. The van der Waals surface area contributed by atoms with Gasteiger partial charge in [0.1, 0.15) is 12.4 Å². The Morgan fingerprint density at radius 1 is 1.03 bits per heavy atom. The summed E-state index contributed by atoms with van der Waals surface area (Å²) in [7, 11) is 0. The summed E-state index contributed by atoms with van der Waals surface area (Å²) in [5, 5.41) is 3.92. The van der Waals surface area contributed by atoms with E-state index in [1.807, 2.05) is 6.07 Å². The molecule has 0 fully saturated rings. The first-order valence-corrected chi connectivity index (χ1v) is 8.76. The lowest BCUT2D eigenvalue weighted by molar-refractivity contribution is -0.130. The van der Waals surface area contributed by atoms with Crippen LogP contribution in [0.4, 0.5) is 0 Å². The highest BCUT2D eigenvalue weighted by atomic mass is 16.6. The molecule has 146 valence electrons. The number of carbonyl (C=O) groups excluding carboxylic acids is 2. The van der Waals surface area contributed by atoms with Gasteiger partial charge in [0, 0.05) is 0 Å². The molecule has 0 aliphatic carbocycles. The Morgan fingerprint density at radius 3 is 2.59 bits per heavy atom. The van der Waals surface area contributed by atoms with E-state index < -0.39 is 18.0 Å². The first-order chi connectivity index (χ1) is 14.2. The Morgan fingerprint density at radius 2 is 1.83 bits per heavy atom. The molecule has 0 radical (unpaired) electrons. The average Bonchev–Trinajstić information content (AvgIpc) is 3.30. The van der Waals surface area contributed by atoms with Crippen LogP contribution in [0, 0.1) is 0 Å². The van der Waals surface area contributed by atoms with Crippen molar-refractivity contribution in [2.45, 2.75) is 6.10 Å². The molecular formula is C21H16N2O6. The van der Waals surface area contributed by atoms with E-state index in [1.165, 1.54) is 18.5 Å². The van der Waals surface area contributed by atoms with E-state index in [1.54, 1.807) is 48.5 Å². The van der Waals surface area contributed by atoms with Gasteiger partial charge in [0.2, 0.25) is 11.9 Å². The topological polar surface area (TPSA) is 99.4 Å². The van der Waals surface area contributed by atoms with Crippen LogP contribution in [0.2, 0.25) is 0 Å². The number of para-hydroxylation sites is 2. The highest BCUT2D eigenvalue weighted by molar-refractivity contribution is 5.88. The Bertz CT molecular complexity index is 1030. The molecule has 0 unspecified atom stereocenters. The van der Waals surface area contributed by atoms with Crippen LogP contribution in [0.3, 0.4) is 0 Å². The molecule has 1 atom stereocenters. The molecule has 1 aromatic heterocycles. The lowest BCUT2D eigenvalue weighted by Gasteiger charge is -2.24. The summed E-state index contributed by atoms with van der Waals surface area (Å²) in [6, 6.07) is 16.9. The van der Waals surface area contributed by atoms with Crippen LogP contribution in [0.25, 0.3) is 0 Å². The van der Waals surface area contributed by atoms with Crippen molar-refractivity contribution < 1.29 is 28.2 Å². The molecule has 8 heteroatoms. The van der Waals surface area contributed by atoms with Gasteiger partial charge in [-0.3, -0.25) is 4.79 Å². The van der Waals surface area contributed by atoms with Crippen LogP contribution in [0.5, 0.6) is 17.2 Å². The molecule has 8 nitrogen and oxygen atoms in total. The van der Waals surface area contributed by atoms with Crippen LogP contribution < -0.4 is 19.6 Å². The molecule has 0 spiro atoms. The van der Waals surface area contributed by atoms with Crippen molar-refractivity contribution in [2.75, 3.05) is 6.61 Å². The van der Waals surface area contributed by atoms with E-state index in [0.29, 0.717) is 22.8 Å². The minimum Gasteiger partial charge on any atom is -0.485 e. The lowest BCUT2D eigenvalue weighted by atomic mass is 10.2. The molecule has 29 heavy (non-hydrogen) atoms. The molecule has 2 heterocycles. The largest absolute Gasteiger partial charge is 0.485 e. The predicted octanol–water partition coefficient (Wildman–Crippen LogP) is 2.79. The van der Waals surface area contributed by atoms with Crippen molar-refractivity contribution in [1.82, 2.24) is 5.43 Å². The Hall–Kier alpha value is -4.07. The van der Waals surface area contributed by atoms with Crippen molar-refractivity contribution >= 4 is 18.1 Å². The fourth-order valence-electron chi connectivity index (χ4n) is 2.57. The zero-order chi connectivity index (χ0) is 20.1. The first-order valence-electron chi connectivity index (χ1n) is 8.76. The normalized spacial score (nSPS) is 15.1. The summed E-state index contributed by atoms with van der Waals surface area (Å²) < 4.78 is 21.3. The number of esters is 1. The van der Waals surface area contributed by atoms with Crippen molar-refractivity contribution in [1.29, 1.82) is 0 Å². The maximum Gasteiger partial charge on any atom is 0.379 e. The Labute approximate surface area is 165 Å². The van der Waals surface area contributed by atoms with Gasteiger partial charge in [0.25, 0.3) is 5.91 Å². The van der Waals surface area contributed by atoms with Crippen LogP contribution in [0.1, 0.15) is 16.1 Å². The second-order valence-electron chi connectivity index (χ2n) is 6.03. The average molecular weight is 392 g/mol. The number of benzene rings is 2. The zero-order valence-electron chi connectivity index (χ0n) is 15.1. The monoisotopic (exact) mass is 392 g/mol. The van der Waals surface area contributed by atoms with Crippen molar-refractivity contribution in [3.63, 3.8) is 0 Å². The summed E-state index contributed by atoms with van der Waals surface area (Å²) in [6.07, 6.45) is 2.08. The quantitative estimate of drug-likeness (QED) is 0.310. The van der Waals surface area contributed by atoms with Crippen molar-refractivity contribution in [2.24, 2.45) is 5.10 Å². The number of hydrazone groups is 1. The van der Waals surface area contributed by atoms with Gasteiger partial charge in [-0.1, -0.05) is 12.1 Å². The third-order valence-electron chi connectivity index (χ3n) is 4.00. The Kier molecular flexibility index (Phi) is 5.24. The summed E-state index contributed by atoms with van der Waals surface area (Å²) in [6.45, 7) is 0.105. The molecule has 2 aromatic carbocycles. The van der Waals surface area contributed by atoms with Crippen LogP contribution >= 0.6 is 0 Å². The molecule has 1 aliphatic heterocycles. The maximum absolute atomic E-state index is 12.2. The molecule has 1 amide bonds. The molecule has 1 aliphatic rings. The minimum atomic E-state index is -0.787. The van der Waals surface area contributed by atoms with Crippen molar-refractivity contribution in [3.8, 4) is 17.2 Å². The summed E-state index contributed by atoms with van der Waals surface area (Å²) in [5.41, 5.74) is 3.13. The van der Waals surface area contributed by atoms with E-state index in [0.717, 1.165) is 0 Å². The van der Waals surface area contributed by atoms with Crippen LogP contribution in [-0.4, -0.2) is 30.8 Å². The first kappa shape index (κ1) is 18.3. The van der Waals surface area contributed by atoms with Crippen molar-refractivity contribution in [3.05, 3.63) is 78.3 Å². The summed E-state index contributed by atoms with van der Waals surface area (Å²) in [5.74, 6) is 0.601. The summed E-state index contributed by atoms with van der Waals surface area (Å²) in [4.78, 5) is 24.0. The van der Waals surface area contributed by atoms with Gasteiger partial charge in [-0.05, 0) is 54.1 Å². The van der Waals surface area contributed by atoms with E-state index in [9.17, 15) is 9.59 Å². The number of rotatable bonds is 5. The number of nitrogens with zero attached hydrogens (tertiary/aromatic N) is 1. The highest BCUT2D eigenvalue weighted by Crippen LogP contribution is 2.30. The molecule has 0 saturated carbocycles. The molecule has 0 saturated heterocycles. The van der Waals surface area contributed by atoms with Gasteiger partial charge < -0.3 is 18.6 Å². The minimum absolute atomic E-state index is 0.105. The number of ether oxygens (including phenoxy) is 3. The molecule has 1 N–H and O–H groups in total. The zero-order valence-corrected chi connectivity index (χ0v) is 15.1. The third kappa shape index (κ3) is 4.44. The van der Waals surface area contributed by atoms with E-state index in [4.69, 9.17) is 18.6 Å². The molecule has 0 bridgehead atoms. The fourth-order valence-corrected chi connectivity index (χ4v) is 2.57. The Balaban J connectivity index is 1.29. The molecular weight excluding hydrogens is 376 g/mol. The highest BCUT2D eigenvalue weighted by Gasteiger charge is 2.26. The van der Waals surface area contributed by atoms with Gasteiger partial charge in [0.15, 0.2) is 11.5 Å². The van der Waals surface area contributed by atoms with Gasteiger partial charge in [-0.25, -0.2) is 10.2 Å². The smallest absolute Gasteiger partial charge is 0.379 e. The van der Waals surface area contributed by atoms with E-state index >= 15 is 0 Å². The standard InChI is InChI=1S/C21H16N2O6/c24-20(19-13-27-16-4-1-2-5-17(16)29-19)23-22-12-14-7-9-15(10-8-14)28-21(25)18-6-3-11-26-18/h1-12,19H,13H2,(H,23,24)/b22-12+/t19-/m1/s1. The molecule has 4 rings (SSSR count). The summed E-state index contributed by atoms with van der Waals surface area (Å²) >= 11 is 0. The van der Waals surface area contributed by atoms with E-state index in [2.05, 4.69) is 10.5 Å². The number of nitrogens with one attached hydrogen (secondary N) is 1. The lowest BCUT2D eigenvalue weighted by Crippen LogP contribution is -2.42. The number of hydrogen-bond donors (Lipinski definition) is 1. The SMILES string of the molecule is O=C(Oc1ccc(/C=N/NC(=O)[C@H]2COc3ccccc3O2)cc1)c1ccco1. The van der Waals surface area contributed by atoms with Gasteiger partial charge in [0.05, 0.1) is 12.5 Å². The third-order valence-corrected chi connectivity index (χ3v) is 4.00. The second kappa shape index (κ2) is 8.30. The number of fused-ring (bicyclic) bond motifs is 1. The molecule has 3 aromatic rings. The van der Waals surface area contributed by atoms with Crippen LogP contribution in [0.15, 0.2) is 76.4 Å². The fraction of sp³-hybridized carbons (Fsp3) is 0.0952. The number of amides is 1. The van der Waals surface area contributed by atoms with Gasteiger partial charge >= 0.3 is 5.97 Å². The van der Waals surface area contributed by atoms with Crippen LogP contribution in [-0.2, 0) is 4.79 Å². The predicted molar refractivity (Wildman–Crippen MR) is 102 cm³/mol. The van der Waals surface area contributed by atoms with Gasteiger partial charge in [-0.15, -0.1) is 0 Å². The van der Waals surface area contributed by atoms with Gasteiger partial charge in [-0.2, -0.15) is 5.10 Å².